The van der Waals surface area contributed by atoms with Crippen molar-refractivity contribution in [2.75, 3.05) is 18.4 Å². The van der Waals surface area contributed by atoms with E-state index in [4.69, 9.17) is 14.4 Å². The van der Waals surface area contributed by atoms with Crippen LogP contribution < -0.4 is 10.1 Å². The van der Waals surface area contributed by atoms with Crippen LogP contribution in [0.4, 0.5) is 10.5 Å². The van der Waals surface area contributed by atoms with Crippen LogP contribution in [0.25, 0.3) is 0 Å². The molecule has 1 saturated heterocycles. The largest absolute Gasteiger partial charge is 0.455 e. The Morgan fingerprint density at radius 3 is 2.33 bits per heavy atom. The van der Waals surface area contributed by atoms with E-state index in [0.29, 0.717) is 30.3 Å². The Morgan fingerprint density at radius 1 is 0.909 bits per heavy atom. The molecule has 1 fully saturated rings. The van der Waals surface area contributed by atoms with Gasteiger partial charge in [-0.25, -0.2) is 4.79 Å². The topological polar surface area (TPSA) is 72.4 Å². The zero-order valence-electron chi connectivity index (χ0n) is 18.1. The Balaban J connectivity index is 1.14. The lowest BCUT2D eigenvalue weighted by atomic mass is 9.86. The molecule has 0 radical (unpaired) electrons. The van der Waals surface area contributed by atoms with Gasteiger partial charge in [0.1, 0.15) is 11.4 Å². The first-order chi connectivity index (χ1) is 16.2. The van der Waals surface area contributed by atoms with Gasteiger partial charge < -0.3 is 14.4 Å². The molecule has 7 nitrogen and oxygen atoms in total. The van der Waals surface area contributed by atoms with Crippen LogP contribution in [-0.2, 0) is 9.68 Å². The lowest BCUT2D eigenvalue weighted by Crippen LogP contribution is -2.45. The fraction of sp³-hybridized carbons (Fsp3) is 0.231. The molecule has 2 heterocycles. The van der Waals surface area contributed by atoms with Gasteiger partial charge in [0.25, 0.3) is 0 Å². The normalized spacial score (nSPS) is 17.2. The average molecular weight is 444 g/mol. The summed E-state index contributed by atoms with van der Waals surface area (Å²) >= 11 is 0. The van der Waals surface area contributed by atoms with Crippen molar-refractivity contribution in [1.82, 2.24) is 5.06 Å². The monoisotopic (exact) mass is 443 g/mol. The van der Waals surface area contributed by atoms with Crippen LogP contribution >= 0.6 is 0 Å². The van der Waals surface area contributed by atoms with Gasteiger partial charge in [-0.05, 0) is 29.8 Å². The van der Waals surface area contributed by atoms with Crippen LogP contribution in [0.15, 0.2) is 90.1 Å². The molecule has 1 spiro atoms. The molecule has 3 aromatic rings. The summed E-state index contributed by atoms with van der Waals surface area (Å²) < 4.78 is 5.90. The van der Waals surface area contributed by atoms with Crippen molar-refractivity contribution in [2.24, 2.45) is 5.16 Å². The van der Waals surface area contributed by atoms with Crippen molar-refractivity contribution in [3.8, 4) is 11.5 Å². The summed E-state index contributed by atoms with van der Waals surface area (Å²) in [5.74, 6) is 1.23. The molecule has 2 aliphatic heterocycles. The number of rotatable bonds is 5. The van der Waals surface area contributed by atoms with E-state index in [1.807, 2.05) is 72.8 Å². The second kappa shape index (κ2) is 9.34. The first kappa shape index (κ1) is 21.0. The average Bonchev–Trinajstić information content (AvgIpc) is 3.27. The minimum atomic E-state index is -0.552. The Kier molecular flexibility index (Phi) is 5.95. The van der Waals surface area contributed by atoms with Gasteiger partial charge in [-0.2, -0.15) is 0 Å². The van der Waals surface area contributed by atoms with Gasteiger partial charge in [0.05, 0.1) is 11.4 Å². The van der Waals surface area contributed by atoms with E-state index in [1.165, 1.54) is 0 Å². The highest BCUT2D eigenvalue weighted by Gasteiger charge is 2.43. The summed E-state index contributed by atoms with van der Waals surface area (Å²) in [6.07, 6.45) is 1.67. The molecule has 0 aliphatic carbocycles. The number of para-hydroxylation sites is 3. The fourth-order valence-corrected chi connectivity index (χ4v) is 4.08. The van der Waals surface area contributed by atoms with E-state index in [9.17, 15) is 4.79 Å². The predicted molar refractivity (Wildman–Crippen MR) is 125 cm³/mol. The maximum Gasteiger partial charge on any atom is 0.430 e. The smallest absolute Gasteiger partial charge is 0.430 e. The van der Waals surface area contributed by atoms with Crippen LogP contribution in [-0.4, -0.2) is 35.6 Å². The first-order valence-corrected chi connectivity index (χ1v) is 11.1. The summed E-state index contributed by atoms with van der Waals surface area (Å²) in [5, 5.41) is 8.79. The molecule has 1 N–H and O–H groups in total. The number of amides is 1. The highest BCUT2D eigenvalue weighted by molar-refractivity contribution is 6.01. The van der Waals surface area contributed by atoms with Crippen molar-refractivity contribution in [2.45, 2.75) is 24.9 Å². The second-order valence-corrected chi connectivity index (χ2v) is 8.20. The van der Waals surface area contributed by atoms with Crippen molar-refractivity contribution < 1.29 is 19.2 Å². The Morgan fingerprint density at radius 2 is 1.58 bits per heavy atom. The Bertz CT molecular complexity index is 1130. The number of nitrogens with one attached hydrogen (secondary N) is 1. The summed E-state index contributed by atoms with van der Waals surface area (Å²) in [6.45, 7) is 1.15. The Labute approximate surface area is 192 Å². The maximum absolute atomic E-state index is 12.6. The molecule has 0 aromatic heterocycles. The Hall–Kier alpha value is -3.84. The standard InChI is InChI=1S/C26H25N3O4/c30-25(27-22-13-7-8-14-24(22)31-21-11-5-2-6-12-21)32-29-17-15-26(16-18-29)19-23(28-33-26)20-9-3-1-4-10-20/h1-14H,15-19H2,(H,27,30). The number of ether oxygens (including phenoxy) is 1. The molecule has 0 unspecified atom stereocenters. The summed E-state index contributed by atoms with van der Waals surface area (Å²) in [4.78, 5) is 24.0. The number of nitrogens with zero attached hydrogens (tertiary/aromatic N) is 2. The van der Waals surface area contributed by atoms with Crippen molar-refractivity contribution >= 4 is 17.5 Å². The lowest BCUT2D eigenvalue weighted by molar-refractivity contribution is -0.154. The van der Waals surface area contributed by atoms with Gasteiger partial charge in [-0.1, -0.05) is 65.8 Å². The fourth-order valence-electron chi connectivity index (χ4n) is 4.08. The molecular formula is C26H25N3O4. The van der Waals surface area contributed by atoms with Gasteiger partial charge in [0, 0.05) is 32.4 Å². The van der Waals surface area contributed by atoms with Crippen molar-refractivity contribution in [3.05, 3.63) is 90.5 Å². The van der Waals surface area contributed by atoms with Gasteiger partial charge in [-0.3, -0.25) is 5.32 Å². The number of hydrogen-bond donors (Lipinski definition) is 1. The van der Waals surface area contributed by atoms with Crippen LogP contribution in [0, 0.1) is 0 Å². The molecule has 0 atom stereocenters. The number of anilines is 1. The molecule has 2 aliphatic rings. The minimum absolute atomic E-state index is 0.322. The SMILES string of the molecule is O=C(Nc1ccccc1Oc1ccccc1)ON1CCC2(CC1)CC(c1ccccc1)=NO2. The summed E-state index contributed by atoms with van der Waals surface area (Å²) in [6, 6.07) is 26.8. The molecule has 0 bridgehead atoms. The number of benzene rings is 3. The number of oxime groups is 1. The zero-order valence-corrected chi connectivity index (χ0v) is 18.1. The zero-order chi connectivity index (χ0) is 22.5. The van der Waals surface area contributed by atoms with Gasteiger partial charge in [0.2, 0.25) is 0 Å². The summed E-state index contributed by atoms with van der Waals surface area (Å²) in [5.41, 5.74) is 2.28. The molecule has 1 amide bonds. The number of hydrogen-bond acceptors (Lipinski definition) is 6. The van der Waals surface area contributed by atoms with E-state index in [-0.39, 0.29) is 5.60 Å². The molecule has 33 heavy (non-hydrogen) atoms. The van der Waals surface area contributed by atoms with Gasteiger partial charge >= 0.3 is 6.09 Å². The molecular weight excluding hydrogens is 418 g/mol. The quantitative estimate of drug-likeness (QED) is 0.556. The third-order valence-corrected chi connectivity index (χ3v) is 5.89. The van der Waals surface area contributed by atoms with Gasteiger partial charge in [-0.15, -0.1) is 5.06 Å². The van der Waals surface area contributed by atoms with E-state index in [0.717, 1.165) is 30.5 Å². The van der Waals surface area contributed by atoms with E-state index >= 15 is 0 Å². The minimum Gasteiger partial charge on any atom is -0.455 e. The van der Waals surface area contributed by atoms with Crippen LogP contribution in [0.3, 0.4) is 0 Å². The number of piperidine rings is 1. The molecule has 0 saturated carbocycles. The van der Waals surface area contributed by atoms with Crippen LogP contribution in [0.1, 0.15) is 24.8 Å². The van der Waals surface area contributed by atoms with E-state index < -0.39 is 6.09 Å². The number of hydroxylamine groups is 2. The molecule has 168 valence electrons. The van der Waals surface area contributed by atoms with Crippen LogP contribution in [0.2, 0.25) is 0 Å². The predicted octanol–water partition coefficient (Wildman–Crippen LogP) is 5.60. The second-order valence-electron chi connectivity index (χ2n) is 8.20. The maximum atomic E-state index is 12.6. The molecule has 3 aromatic carbocycles. The van der Waals surface area contributed by atoms with E-state index in [2.05, 4.69) is 10.5 Å². The van der Waals surface area contributed by atoms with E-state index in [1.54, 1.807) is 17.2 Å². The summed E-state index contributed by atoms with van der Waals surface area (Å²) in [7, 11) is 0. The third kappa shape index (κ3) is 4.99. The first-order valence-electron chi connectivity index (χ1n) is 11.1. The highest BCUT2D eigenvalue weighted by atomic mass is 16.7. The highest BCUT2D eigenvalue weighted by Crippen LogP contribution is 2.36. The molecule has 7 heteroatoms. The van der Waals surface area contributed by atoms with Gasteiger partial charge in [0.15, 0.2) is 5.75 Å². The van der Waals surface area contributed by atoms with Crippen LogP contribution in [0.5, 0.6) is 11.5 Å². The van der Waals surface area contributed by atoms with Crippen molar-refractivity contribution in [3.63, 3.8) is 0 Å². The third-order valence-electron chi connectivity index (χ3n) is 5.89. The van der Waals surface area contributed by atoms with Crippen molar-refractivity contribution in [1.29, 1.82) is 0 Å². The number of carbonyl (C=O) groups excluding carboxylic acids is 1. The lowest BCUT2D eigenvalue weighted by Gasteiger charge is -2.35. The molecule has 5 rings (SSSR count). The number of carbonyl (C=O) groups is 1.